The molecule has 0 saturated carbocycles. The van der Waals surface area contributed by atoms with E-state index in [4.69, 9.17) is 5.26 Å². The Morgan fingerprint density at radius 1 is 1.23 bits per heavy atom. The lowest BCUT2D eigenvalue weighted by molar-refractivity contribution is -0.131. The molecular weight excluding hydrogens is 278 g/mol. The molecule has 22 heavy (non-hydrogen) atoms. The van der Waals surface area contributed by atoms with Gasteiger partial charge in [0, 0.05) is 18.8 Å². The fourth-order valence-electron chi connectivity index (χ4n) is 2.90. The summed E-state index contributed by atoms with van der Waals surface area (Å²) < 4.78 is 1.47. The molecule has 1 fully saturated rings. The molecule has 5 nitrogen and oxygen atoms in total. The number of carbonyl (C=O) groups excluding carboxylic acids is 1. The van der Waals surface area contributed by atoms with Crippen LogP contribution in [0.1, 0.15) is 56.7 Å². The third kappa shape index (κ3) is 3.56. The third-order valence-electron chi connectivity index (χ3n) is 4.17. The van der Waals surface area contributed by atoms with Gasteiger partial charge in [-0.3, -0.25) is 9.59 Å². The number of likely N-dealkylation sites (tertiary alicyclic amines) is 1. The van der Waals surface area contributed by atoms with Crippen molar-refractivity contribution in [3.05, 3.63) is 33.7 Å². The second kappa shape index (κ2) is 7.26. The lowest BCUT2D eigenvalue weighted by atomic mass is 10.1. The lowest BCUT2D eigenvalue weighted by Crippen LogP contribution is -2.38. The number of rotatable bonds is 3. The fraction of sp³-hybridized carbons (Fsp3) is 0.588. The van der Waals surface area contributed by atoms with Gasteiger partial charge in [0.05, 0.1) is 0 Å². The zero-order valence-electron chi connectivity index (χ0n) is 13.3. The highest BCUT2D eigenvalue weighted by Crippen LogP contribution is 2.15. The average Bonchev–Trinajstić information content (AvgIpc) is 2.78. The van der Waals surface area contributed by atoms with Crippen LogP contribution in [0, 0.1) is 11.3 Å². The first-order valence-electron chi connectivity index (χ1n) is 7.96. The van der Waals surface area contributed by atoms with Gasteiger partial charge in [-0.25, -0.2) is 0 Å². The van der Waals surface area contributed by atoms with E-state index in [0.717, 1.165) is 44.5 Å². The number of hydrogen-bond donors (Lipinski definition) is 0. The Kier molecular flexibility index (Phi) is 5.37. The van der Waals surface area contributed by atoms with E-state index in [0.29, 0.717) is 0 Å². The standard InChI is InChI=1S/C17H23N3O2/c1-13(2)15-8-7-14(11-18)17(22)20(15)12-16(21)19-9-5-3-4-6-10-19/h7-8,13H,3-6,9-10,12H2,1-2H3. The summed E-state index contributed by atoms with van der Waals surface area (Å²) in [6.07, 6.45) is 4.36. The summed E-state index contributed by atoms with van der Waals surface area (Å²) in [5, 5.41) is 9.03. The Bertz CT molecular complexity index is 632. The van der Waals surface area contributed by atoms with Gasteiger partial charge in [-0.1, -0.05) is 26.7 Å². The molecule has 0 aromatic carbocycles. The summed E-state index contributed by atoms with van der Waals surface area (Å²) in [7, 11) is 0. The smallest absolute Gasteiger partial charge is 0.269 e. The number of hydrogen-bond acceptors (Lipinski definition) is 3. The van der Waals surface area contributed by atoms with E-state index in [9.17, 15) is 9.59 Å². The van der Waals surface area contributed by atoms with Crippen molar-refractivity contribution in [2.24, 2.45) is 0 Å². The molecule has 2 rings (SSSR count). The number of nitrogens with zero attached hydrogens (tertiary/aromatic N) is 3. The quantitative estimate of drug-likeness (QED) is 0.860. The van der Waals surface area contributed by atoms with Crippen LogP contribution in [0.4, 0.5) is 0 Å². The van der Waals surface area contributed by atoms with Crippen LogP contribution in [0.15, 0.2) is 16.9 Å². The van der Waals surface area contributed by atoms with Gasteiger partial charge in [0.25, 0.3) is 5.56 Å². The van der Waals surface area contributed by atoms with Gasteiger partial charge in [0.2, 0.25) is 5.91 Å². The molecular formula is C17H23N3O2. The van der Waals surface area contributed by atoms with Crippen LogP contribution in [0.3, 0.4) is 0 Å². The van der Waals surface area contributed by atoms with Crippen molar-refractivity contribution >= 4 is 5.91 Å². The molecule has 0 spiro atoms. The summed E-state index contributed by atoms with van der Waals surface area (Å²) >= 11 is 0. The number of aromatic nitrogens is 1. The molecule has 0 N–H and O–H groups in total. The molecule has 0 unspecified atom stereocenters. The number of nitriles is 1. The number of amides is 1. The molecule has 1 aromatic heterocycles. The maximum absolute atomic E-state index is 12.5. The van der Waals surface area contributed by atoms with Crippen molar-refractivity contribution in [2.75, 3.05) is 13.1 Å². The van der Waals surface area contributed by atoms with E-state index >= 15 is 0 Å². The highest BCUT2D eigenvalue weighted by Gasteiger charge is 2.19. The molecule has 5 heteroatoms. The summed E-state index contributed by atoms with van der Waals surface area (Å²) in [5.41, 5.74) is 0.525. The van der Waals surface area contributed by atoms with Crippen molar-refractivity contribution in [3.63, 3.8) is 0 Å². The first-order chi connectivity index (χ1) is 10.5. The fourth-order valence-corrected chi connectivity index (χ4v) is 2.90. The van der Waals surface area contributed by atoms with E-state index in [-0.39, 0.29) is 29.5 Å². The summed E-state index contributed by atoms with van der Waals surface area (Å²) in [5.74, 6) is 0.0957. The van der Waals surface area contributed by atoms with Crippen LogP contribution in [0.2, 0.25) is 0 Å². The second-order valence-electron chi connectivity index (χ2n) is 6.12. The minimum Gasteiger partial charge on any atom is -0.341 e. The predicted octanol–water partition coefficient (Wildman–Crippen LogP) is 2.25. The minimum absolute atomic E-state index is 0.0269. The number of carbonyl (C=O) groups is 1. The van der Waals surface area contributed by atoms with Gasteiger partial charge in [0.15, 0.2) is 0 Å². The van der Waals surface area contributed by atoms with Gasteiger partial charge in [-0.05, 0) is 30.9 Å². The van der Waals surface area contributed by atoms with E-state index in [1.165, 1.54) is 4.57 Å². The molecule has 118 valence electrons. The van der Waals surface area contributed by atoms with Gasteiger partial charge in [0.1, 0.15) is 18.2 Å². The van der Waals surface area contributed by atoms with E-state index in [2.05, 4.69) is 0 Å². The molecule has 0 bridgehead atoms. The second-order valence-corrected chi connectivity index (χ2v) is 6.12. The Morgan fingerprint density at radius 3 is 2.41 bits per heavy atom. The van der Waals surface area contributed by atoms with Crippen molar-refractivity contribution in [3.8, 4) is 6.07 Å². The molecule has 1 aromatic rings. The van der Waals surface area contributed by atoms with Crippen LogP contribution in [0.25, 0.3) is 0 Å². The molecule has 1 saturated heterocycles. The SMILES string of the molecule is CC(C)c1ccc(C#N)c(=O)n1CC(=O)N1CCCCCC1. The maximum Gasteiger partial charge on any atom is 0.269 e. The van der Waals surface area contributed by atoms with Crippen LogP contribution in [0.5, 0.6) is 0 Å². The Morgan fingerprint density at radius 2 is 1.86 bits per heavy atom. The van der Waals surface area contributed by atoms with Gasteiger partial charge in [-0.15, -0.1) is 0 Å². The zero-order valence-corrected chi connectivity index (χ0v) is 13.3. The monoisotopic (exact) mass is 301 g/mol. The maximum atomic E-state index is 12.5. The third-order valence-corrected chi connectivity index (χ3v) is 4.17. The topological polar surface area (TPSA) is 66.1 Å². The van der Waals surface area contributed by atoms with E-state index < -0.39 is 0 Å². The molecule has 1 aliphatic rings. The Balaban J connectivity index is 2.29. The van der Waals surface area contributed by atoms with Crippen LogP contribution in [-0.2, 0) is 11.3 Å². The van der Waals surface area contributed by atoms with Gasteiger partial charge < -0.3 is 9.47 Å². The summed E-state index contributed by atoms with van der Waals surface area (Å²) in [6.45, 7) is 5.52. The molecule has 1 amide bonds. The first kappa shape index (κ1) is 16.3. The van der Waals surface area contributed by atoms with Crippen LogP contribution >= 0.6 is 0 Å². The van der Waals surface area contributed by atoms with E-state index in [1.54, 1.807) is 12.1 Å². The molecule has 0 aliphatic carbocycles. The summed E-state index contributed by atoms with van der Waals surface area (Å²) in [6, 6.07) is 5.23. The highest BCUT2D eigenvalue weighted by atomic mass is 16.2. The predicted molar refractivity (Wildman–Crippen MR) is 84.6 cm³/mol. The normalized spacial score (nSPS) is 15.5. The minimum atomic E-state index is -0.364. The Hall–Kier alpha value is -2.09. The van der Waals surface area contributed by atoms with Gasteiger partial charge in [-0.2, -0.15) is 5.26 Å². The molecule has 0 radical (unpaired) electrons. The lowest BCUT2D eigenvalue weighted by Gasteiger charge is -2.22. The Labute approximate surface area is 131 Å². The molecule has 0 atom stereocenters. The van der Waals surface area contributed by atoms with Crippen molar-refractivity contribution in [1.29, 1.82) is 5.26 Å². The average molecular weight is 301 g/mol. The first-order valence-corrected chi connectivity index (χ1v) is 7.96. The summed E-state index contributed by atoms with van der Waals surface area (Å²) in [4.78, 5) is 26.8. The van der Waals surface area contributed by atoms with Crippen LogP contribution in [-0.4, -0.2) is 28.5 Å². The van der Waals surface area contributed by atoms with E-state index in [1.807, 2.05) is 24.8 Å². The van der Waals surface area contributed by atoms with Crippen molar-refractivity contribution in [2.45, 2.75) is 52.0 Å². The molecule has 1 aliphatic heterocycles. The zero-order chi connectivity index (χ0) is 16.1. The highest BCUT2D eigenvalue weighted by molar-refractivity contribution is 5.76. The van der Waals surface area contributed by atoms with Gasteiger partial charge >= 0.3 is 0 Å². The largest absolute Gasteiger partial charge is 0.341 e. The number of pyridine rings is 1. The van der Waals surface area contributed by atoms with Crippen molar-refractivity contribution in [1.82, 2.24) is 9.47 Å². The molecule has 2 heterocycles. The van der Waals surface area contributed by atoms with Crippen molar-refractivity contribution < 1.29 is 4.79 Å². The van der Waals surface area contributed by atoms with Crippen LogP contribution < -0.4 is 5.56 Å².